The maximum atomic E-state index is 12.0. The normalized spacial score (nSPS) is 12.5. The van der Waals surface area contributed by atoms with Crippen molar-refractivity contribution in [2.75, 3.05) is 0 Å². The van der Waals surface area contributed by atoms with Gasteiger partial charge in [-0.25, -0.2) is 0 Å². The molecule has 0 N–H and O–H groups in total. The van der Waals surface area contributed by atoms with Gasteiger partial charge in [-0.1, -0.05) is 92.5 Å². The van der Waals surface area contributed by atoms with Gasteiger partial charge in [-0.15, -0.1) is 0 Å². The average Bonchev–Trinajstić information content (AvgIpc) is 3.21. The third-order valence-corrected chi connectivity index (χ3v) is 6.36. The molecule has 6 rings (SSSR count). The first kappa shape index (κ1) is 19.2. The molecule has 4 aromatic rings. The molecule has 4 aromatic carbocycles. The Labute approximate surface area is 190 Å². The Kier molecular flexibility index (Phi) is 4.76. The van der Waals surface area contributed by atoms with Gasteiger partial charge in [0.1, 0.15) is 0 Å². The van der Waals surface area contributed by atoms with Crippen LogP contribution in [0.5, 0.6) is 0 Å². The van der Waals surface area contributed by atoms with Crippen LogP contribution in [0.15, 0.2) is 93.9 Å². The van der Waals surface area contributed by atoms with Gasteiger partial charge in [-0.2, -0.15) is 0 Å². The third-order valence-electron chi connectivity index (χ3n) is 5.38. The summed E-state index contributed by atoms with van der Waals surface area (Å²) in [5, 5.41) is 0. The Morgan fingerprint density at radius 1 is 0.400 bits per heavy atom. The van der Waals surface area contributed by atoms with Gasteiger partial charge < -0.3 is 0 Å². The Bertz CT molecular complexity index is 1250. The van der Waals surface area contributed by atoms with Crippen LogP contribution in [-0.2, 0) is 0 Å². The maximum Gasteiger partial charge on any atom is 0.194 e. The molecule has 2 aliphatic rings. The van der Waals surface area contributed by atoms with E-state index >= 15 is 0 Å². The molecule has 0 fully saturated rings. The quantitative estimate of drug-likeness (QED) is 0.211. The lowest BCUT2D eigenvalue weighted by atomic mass is 10.1. The minimum Gasteiger partial charge on any atom is -0.289 e. The van der Waals surface area contributed by atoms with E-state index in [4.69, 9.17) is 0 Å². The average molecular weight is 518 g/mol. The van der Waals surface area contributed by atoms with Crippen LogP contribution in [0.3, 0.4) is 0 Å². The fraction of sp³-hybridized carbons (Fsp3) is 0. The molecule has 0 amide bonds. The van der Waals surface area contributed by atoms with Crippen LogP contribution in [0, 0.1) is 0 Å². The highest BCUT2D eigenvalue weighted by molar-refractivity contribution is 9.10. The molecule has 0 heterocycles. The first-order valence-corrected chi connectivity index (χ1v) is 11.0. The van der Waals surface area contributed by atoms with Gasteiger partial charge in [0, 0.05) is 31.2 Å². The highest BCUT2D eigenvalue weighted by atomic mass is 79.9. The summed E-state index contributed by atoms with van der Waals surface area (Å²) >= 11 is 6.77. The first-order chi connectivity index (χ1) is 14.5. The zero-order valence-corrected chi connectivity index (χ0v) is 18.8. The fourth-order valence-electron chi connectivity index (χ4n) is 4.00. The number of halogens is 2. The highest BCUT2D eigenvalue weighted by Crippen LogP contribution is 2.38. The third kappa shape index (κ3) is 3.08. The van der Waals surface area contributed by atoms with E-state index in [9.17, 15) is 9.59 Å². The summed E-state index contributed by atoms with van der Waals surface area (Å²) in [5.41, 5.74) is 7.39. The van der Waals surface area contributed by atoms with Gasteiger partial charge in [0.15, 0.2) is 11.6 Å². The van der Waals surface area contributed by atoms with Crippen molar-refractivity contribution in [1.82, 2.24) is 0 Å². The lowest BCUT2D eigenvalue weighted by Crippen LogP contribution is -1.94. The lowest BCUT2D eigenvalue weighted by Gasteiger charge is -1.98. The fourth-order valence-corrected chi connectivity index (χ4v) is 4.72. The monoisotopic (exact) mass is 516 g/mol. The molecule has 4 heteroatoms. The summed E-state index contributed by atoms with van der Waals surface area (Å²) in [6.07, 6.45) is 0. The molecule has 0 radical (unpaired) electrons. The molecular weight excluding hydrogens is 504 g/mol. The second-order valence-corrected chi connectivity index (χ2v) is 8.96. The van der Waals surface area contributed by atoms with Crippen LogP contribution in [0.1, 0.15) is 31.8 Å². The highest BCUT2D eigenvalue weighted by Gasteiger charge is 2.26. The Balaban J connectivity index is 0.000000128. The van der Waals surface area contributed by atoms with E-state index in [2.05, 4.69) is 31.9 Å². The van der Waals surface area contributed by atoms with E-state index in [0.717, 1.165) is 53.5 Å². The van der Waals surface area contributed by atoms with Crippen LogP contribution in [0.25, 0.3) is 22.3 Å². The zero-order chi connectivity index (χ0) is 20.8. The van der Waals surface area contributed by atoms with Crippen molar-refractivity contribution in [2.24, 2.45) is 0 Å². The van der Waals surface area contributed by atoms with E-state index in [1.807, 2.05) is 84.9 Å². The molecule has 2 nitrogen and oxygen atoms in total. The Hall–Kier alpha value is -2.82. The van der Waals surface area contributed by atoms with Crippen LogP contribution in [0.2, 0.25) is 0 Å². The van der Waals surface area contributed by atoms with E-state index in [-0.39, 0.29) is 11.6 Å². The van der Waals surface area contributed by atoms with Gasteiger partial charge in [-0.3, -0.25) is 9.59 Å². The molecule has 0 aliphatic heterocycles. The molecule has 2 aliphatic carbocycles. The SMILES string of the molecule is O=C1c2ccccc2-c2ccc(Br)cc21.O=C1c2ccccc2-c2ccc(Br)cc21. The number of rotatable bonds is 0. The molecule has 0 bridgehead atoms. The zero-order valence-electron chi connectivity index (χ0n) is 15.7. The van der Waals surface area contributed by atoms with Crippen LogP contribution >= 0.6 is 31.9 Å². The van der Waals surface area contributed by atoms with Crippen molar-refractivity contribution in [3.63, 3.8) is 0 Å². The number of benzene rings is 4. The molecule has 0 aromatic heterocycles. The molecule has 0 unspecified atom stereocenters. The second-order valence-electron chi connectivity index (χ2n) is 7.13. The van der Waals surface area contributed by atoms with E-state index in [1.165, 1.54) is 0 Å². The van der Waals surface area contributed by atoms with Crippen LogP contribution in [0.4, 0.5) is 0 Å². The van der Waals surface area contributed by atoms with Crippen molar-refractivity contribution in [3.05, 3.63) is 116 Å². The number of hydrogen-bond donors (Lipinski definition) is 0. The standard InChI is InChI=1S/2C13H7BrO/c2*14-8-5-6-10-9-3-1-2-4-11(9)13(15)12(10)7-8/h2*1-7H. The number of fused-ring (bicyclic) bond motifs is 6. The molecular formula is C26H14Br2O2. The van der Waals surface area contributed by atoms with Crippen molar-refractivity contribution in [1.29, 1.82) is 0 Å². The summed E-state index contributed by atoms with van der Waals surface area (Å²) in [6, 6.07) is 27.2. The predicted octanol–water partition coefficient (Wildman–Crippen LogP) is 7.32. The molecule has 0 spiro atoms. The molecule has 0 saturated carbocycles. The molecule has 144 valence electrons. The van der Waals surface area contributed by atoms with Gasteiger partial charge in [0.2, 0.25) is 0 Å². The lowest BCUT2D eigenvalue weighted by molar-refractivity contribution is 0.103. The van der Waals surface area contributed by atoms with Crippen molar-refractivity contribution in [2.45, 2.75) is 0 Å². The van der Waals surface area contributed by atoms with E-state index in [0.29, 0.717) is 0 Å². The van der Waals surface area contributed by atoms with E-state index in [1.54, 1.807) is 0 Å². The summed E-state index contributed by atoms with van der Waals surface area (Å²) in [6.45, 7) is 0. The molecule has 30 heavy (non-hydrogen) atoms. The number of carbonyl (C=O) groups is 2. The maximum absolute atomic E-state index is 12.0. The minimum atomic E-state index is 0.127. The van der Waals surface area contributed by atoms with Crippen LogP contribution < -0.4 is 0 Å². The summed E-state index contributed by atoms with van der Waals surface area (Å²) in [4.78, 5) is 24.0. The predicted molar refractivity (Wildman–Crippen MR) is 126 cm³/mol. The molecule has 0 atom stereocenters. The number of ketones is 2. The van der Waals surface area contributed by atoms with Gasteiger partial charge in [0.25, 0.3) is 0 Å². The Morgan fingerprint density at radius 2 is 0.733 bits per heavy atom. The van der Waals surface area contributed by atoms with Gasteiger partial charge in [0.05, 0.1) is 0 Å². The van der Waals surface area contributed by atoms with Gasteiger partial charge in [-0.05, 0) is 46.5 Å². The van der Waals surface area contributed by atoms with E-state index < -0.39 is 0 Å². The number of carbonyl (C=O) groups excluding carboxylic acids is 2. The van der Waals surface area contributed by atoms with Crippen molar-refractivity contribution >= 4 is 43.4 Å². The Morgan fingerprint density at radius 3 is 1.13 bits per heavy atom. The summed E-state index contributed by atoms with van der Waals surface area (Å²) in [7, 11) is 0. The topological polar surface area (TPSA) is 34.1 Å². The van der Waals surface area contributed by atoms with Crippen molar-refractivity contribution < 1.29 is 9.59 Å². The second kappa shape index (κ2) is 7.46. The molecule has 0 saturated heterocycles. The summed E-state index contributed by atoms with van der Waals surface area (Å²) in [5.74, 6) is 0.254. The number of hydrogen-bond acceptors (Lipinski definition) is 2. The van der Waals surface area contributed by atoms with Crippen molar-refractivity contribution in [3.8, 4) is 22.3 Å². The largest absolute Gasteiger partial charge is 0.289 e. The smallest absolute Gasteiger partial charge is 0.194 e. The minimum absolute atomic E-state index is 0.127. The van der Waals surface area contributed by atoms with Gasteiger partial charge >= 0.3 is 0 Å². The summed E-state index contributed by atoms with van der Waals surface area (Å²) < 4.78 is 1.89. The first-order valence-electron chi connectivity index (χ1n) is 9.42. The van der Waals surface area contributed by atoms with Crippen LogP contribution in [-0.4, -0.2) is 11.6 Å².